The first kappa shape index (κ1) is 19.5. The number of hydrogen-bond donors (Lipinski definition) is 0. The lowest BCUT2D eigenvalue weighted by molar-refractivity contribution is -0.137. The van der Waals surface area contributed by atoms with Gasteiger partial charge in [-0.3, -0.25) is 4.68 Å². The molecule has 0 bridgehead atoms. The summed E-state index contributed by atoms with van der Waals surface area (Å²) in [4.78, 5) is 0. The Kier molecular flexibility index (Phi) is 5.06. The zero-order chi connectivity index (χ0) is 19.9. The van der Waals surface area contributed by atoms with Gasteiger partial charge in [-0.2, -0.15) is 18.3 Å². The smallest absolute Gasteiger partial charge is 0.416 e. The van der Waals surface area contributed by atoms with E-state index in [1.165, 1.54) is 16.8 Å². The molecule has 0 amide bonds. The number of nitrogens with zero attached hydrogens (tertiary/aromatic N) is 4. The fourth-order valence-corrected chi connectivity index (χ4v) is 2.92. The Morgan fingerprint density at radius 2 is 1.89 bits per heavy atom. The molecule has 0 N–H and O–H groups in total. The van der Waals surface area contributed by atoms with Crippen molar-refractivity contribution >= 4 is 15.9 Å². The molecule has 11 heteroatoms. The highest BCUT2D eigenvalue weighted by Crippen LogP contribution is 2.34. The first-order chi connectivity index (χ1) is 12.6. The van der Waals surface area contributed by atoms with Gasteiger partial charge in [-0.05, 0) is 48.0 Å². The second-order valence-corrected chi connectivity index (χ2v) is 6.52. The van der Waals surface area contributed by atoms with Crippen LogP contribution >= 0.6 is 15.9 Å². The van der Waals surface area contributed by atoms with Crippen molar-refractivity contribution in [2.45, 2.75) is 32.5 Å². The van der Waals surface area contributed by atoms with Gasteiger partial charge in [0.05, 0.1) is 15.7 Å². The summed E-state index contributed by atoms with van der Waals surface area (Å²) in [6.45, 7) is 3.19. The zero-order valence-corrected chi connectivity index (χ0v) is 15.5. The van der Waals surface area contributed by atoms with Gasteiger partial charge in [0.25, 0.3) is 6.43 Å². The maximum absolute atomic E-state index is 13.0. The topological polar surface area (TPSA) is 56.7 Å². The van der Waals surface area contributed by atoms with E-state index in [0.717, 1.165) is 12.1 Å². The molecular weight excluding hydrogens is 439 g/mol. The van der Waals surface area contributed by atoms with Crippen LogP contribution in [0.15, 0.2) is 33.2 Å². The van der Waals surface area contributed by atoms with E-state index >= 15 is 0 Å². The van der Waals surface area contributed by atoms with Crippen molar-refractivity contribution in [1.82, 2.24) is 20.0 Å². The van der Waals surface area contributed by atoms with Crippen LogP contribution in [-0.2, 0) is 6.18 Å². The second-order valence-electron chi connectivity index (χ2n) is 5.73. The van der Waals surface area contributed by atoms with Gasteiger partial charge in [-0.1, -0.05) is 6.07 Å². The highest BCUT2D eigenvalue weighted by atomic mass is 79.9. The lowest BCUT2D eigenvalue weighted by Gasteiger charge is -2.10. The van der Waals surface area contributed by atoms with E-state index in [1.807, 2.05) is 0 Å². The van der Waals surface area contributed by atoms with E-state index in [0.29, 0.717) is 5.69 Å². The number of benzene rings is 1. The summed E-state index contributed by atoms with van der Waals surface area (Å²) in [5.74, 6) is -0.0813. The Labute approximate surface area is 158 Å². The molecule has 1 aromatic carbocycles. The maximum Gasteiger partial charge on any atom is 0.416 e. The first-order valence-electron chi connectivity index (χ1n) is 7.63. The molecule has 0 aliphatic rings. The van der Waals surface area contributed by atoms with Crippen LogP contribution in [0.2, 0.25) is 0 Å². The molecule has 0 spiro atoms. The van der Waals surface area contributed by atoms with Crippen LogP contribution in [0.5, 0.6) is 0 Å². The Balaban J connectivity index is 1.94. The molecule has 2 heterocycles. The predicted octanol–water partition coefficient (Wildman–Crippen LogP) is 5.57. The maximum atomic E-state index is 13.0. The first-order valence-corrected chi connectivity index (χ1v) is 8.42. The molecule has 0 radical (unpaired) electrons. The molecule has 3 aromatic rings. The average Bonchev–Trinajstić information content (AvgIpc) is 3.20. The molecule has 2 aromatic heterocycles. The minimum atomic E-state index is -4.50. The van der Waals surface area contributed by atoms with Gasteiger partial charge >= 0.3 is 6.18 Å². The van der Waals surface area contributed by atoms with E-state index in [2.05, 4.69) is 31.2 Å². The minimum Gasteiger partial charge on any atom is -0.418 e. The highest BCUT2D eigenvalue weighted by Gasteiger charge is 2.31. The van der Waals surface area contributed by atoms with Crippen LogP contribution < -0.4 is 0 Å². The van der Waals surface area contributed by atoms with Gasteiger partial charge in [0.1, 0.15) is 11.7 Å². The molecule has 1 atom stereocenters. The lowest BCUT2D eigenvalue weighted by atomic mass is 10.1. The largest absolute Gasteiger partial charge is 0.418 e. The summed E-state index contributed by atoms with van der Waals surface area (Å²) >= 11 is 3.07. The molecular formula is C16H12BrF5N4O. The Bertz CT molecular complexity index is 966. The van der Waals surface area contributed by atoms with Crippen LogP contribution in [0.3, 0.4) is 0 Å². The van der Waals surface area contributed by atoms with Crippen molar-refractivity contribution < 1.29 is 26.4 Å². The Morgan fingerprint density at radius 3 is 2.48 bits per heavy atom. The second kappa shape index (κ2) is 7.02. The Hall–Kier alpha value is -2.30. The predicted molar refractivity (Wildman–Crippen MR) is 88.2 cm³/mol. The molecule has 0 saturated heterocycles. The van der Waals surface area contributed by atoms with Gasteiger partial charge in [0.2, 0.25) is 11.8 Å². The van der Waals surface area contributed by atoms with Crippen molar-refractivity contribution in [3.8, 4) is 11.5 Å². The molecule has 0 fully saturated rings. The molecule has 0 saturated carbocycles. The van der Waals surface area contributed by atoms with Crippen LogP contribution in [0, 0.1) is 6.92 Å². The van der Waals surface area contributed by atoms with Gasteiger partial charge in [0, 0.05) is 5.56 Å². The summed E-state index contributed by atoms with van der Waals surface area (Å²) in [6.07, 6.45) is -7.27. The summed E-state index contributed by atoms with van der Waals surface area (Å²) < 4.78 is 71.4. The molecule has 0 aliphatic heterocycles. The van der Waals surface area contributed by atoms with Crippen LogP contribution in [-0.4, -0.2) is 20.0 Å². The third kappa shape index (κ3) is 3.73. The SMILES string of the molecule is Cc1c(Br)c(C(F)F)nn1C(C)c1nnc(-c2cccc(C(F)(F)F)c2)o1. The Morgan fingerprint density at radius 1 is 1.19 bits per heavy atom. The van der Waals surface area contributed by atoms with E-state index < -0.39 is 29.9 Å². The number of rotatable bonds is 4. The third-order valence-corrected chi connectivity index (χ3v) is 4.89. The molecule has 27 heavy (non-hydrogen) atoms. The number of aromatic nitrogens is 4. The molecule has 144 valence electrons. The van der Waals surface area contributed by atoms with E-state index in [4.69, 9.17) is 4.42 Å². The van der Waals surface area contributed by atoms with Crippen molar-refractivity contribution in [2.24, 2.45) is 0 Å². The van der Waals surface area contributed by atoms with Gasteiger partial charge in [-0.25, -0.2) is 8.78 Å². The average molecular weight is 451 g/mol. The van der Waals surface area contributed by atoms with Crippen molar-refractivity contribution in [3.63, 3.8) is 0 Å². The standard InChI is InChI=1S/C16H12BrF5N4O/c1-7-11(17)12(13(18)19)25-26(7)8(2)14-23-24-15(27-14)9-4-3-5-10(6-9)16(20,21)22/h3-6,8,13H,1-2H3. The van der Waals surface area contributed by atoms with Crippen molar-refractivity contribution in [1.29, 1.82) is 0 Å². The number of alkyl halides is 5. The van der Waals surface area contributed by atoms with Crippen LogP contribution in [0.4, 0.5) is 22.0 Å². The molecule has 3 rings (SSSR count). The molecule has 5 nitrogen and oxygen atoms in total. The van der Waals surface area contributed by atoms with E-state index in [-0.39, 0.29) is 21.8 Å². The van der Waals surface area contributed by atoms with Gasteiger partial charge < -0.3 is 4.42 Å². The summed E-state index contributed by atoms with van der Waals surface area (Å²) in [7, 11) is 0. The molecule has 0 aliphatic carbocycles. The quantitative estimate of drug-likeness (QED) is 0.487. The normalized spacial score (nSPS) is 13.4. The fourth-order valence-electron chi connectivity index (χ4n) is 2.49. The van der Waals surface area contributed by atoms with E-state index in [9.17, 15) is 22.0 Å². The summed E-state index contributed by atoms with van der Waals surface area (Å²) in [5.41, 5.74) is -0.739. The monoisotopic (exact) mass is 450 g/mol. The lowest BCUT2D eigenvalue weighted by Crippen LogP contribution is -2.11. The highest BCUT2D eigenvalue weighted by molar-refractivity contribution is 9.10. The molecule has 1 unspecified atom stereocenters. The summed E-state index contributed by atoms with van der Waals surface area (Å²) in [6, 6.07) is 3.77. The van der Waals surface area contributed by atoms with Gasteiger partial charge in [0.15, 0.2) is 0 Å². The van der Waals surface area contributed by atoms with Crippen LogP contribution in [0.25, 0.3) is 11.5 Å². The summed E-state index contributed by atoms with van der Waals surface area (Å²) in [5, 5.41) is 11.4. The van der Waals surface area contributed by atoms with Crippen LogP contribution in [0.1, 0.15) is 42.2 Å². The van der Waals surface area contributed by atoms with Gasteiger partial charge in [-0.15, -0.1) is 10.2 Å². The van der Waals surface area contributed by atoms with Crippen molar-refractivity contribution in [3.05, 3.63) is 51.6 Å². The van der Waals surface area contributed by atoms with Crippen molar-refractivity contribution in [2.75, 3.05) is 0 Å². The fraction of sp³-hybridized carbons (Fsp3) is 0.312. The number of halogens is 6. The van der Waals surface area contributed by atoms with E-state index in [1.54, 1.807) is 13.8 Å². The minimum absolute atomic E-state index is 0.0290. The number of hydrogen-bond acceptors (Lipinski definition) is 4. The zero-order valence-electron chi connectivity index (χ0n) is 13.9. The third-order valence-electron chi connectivity index (χ3n) is 3.91.